The maximum Gasteiger partial charge on any atom is 0.138 e. The van der Waals surface area contributed by atoms with Gasteiger partial charge in [-0.05, 0) is 18.2 Å². The van der Waals surface area contributed by atoms with Crippen LogP contribution < -0.4 is 0 Å². The van der Waals surface area contributed by atoms with E-state index < -0.39 is 11.6 Å². The van der Waals surface area contributed by atoms with Crippen LogP contribution in [-0.4, -0.2) is 0 Å². The number of hydrogen-bond acceptors (Lipinski definition) is 2. The Labute approximate surface area is 84.8 Å². The molecular formula is C10H6F2OS. The second-order valence-corrected chi connectivity index (χ2v) is 3.24. The van der Waals surface area contributed by atoms with E-state index in [0.29, 0.717) is 5.76 Å². The smallest absolute Gasteiger partial charge is 0.138 e. The van der Waals surface area contributed by atoms with Gasteiger partial charge in [0.15, 0.2) is 0 Å². The highest BCUT2D eigenvalue weighted by molar-refractivity contribution is 7.80. The third kappa shape index (κ3) is 1.53. The summed E-state index contributed by atoms with van der Waals surface area (Å²) in [5.74, 6) is -0.986. The van der Waals surface area contributed by atoms with Gasteiger partial charge in [-0.25, -0.2) is 8.78 Å². The van der Waals surface area contributed by atoms with E-state index in [1.165, 1.54) is 6.26 Å². The molecule has 0 saturated carbocycles. The predicted molar refractivity (Wildman–Crippen MR) is 51.3 cm³/mol. The van der Waals surface area contributed by atoms with Crippen molar-refractivity contribution >= 4 is 12.6 Å². The Bertz CT molecular complexity index is 428. The Morgan fingerprint density at radius 1 is 1.21 bits per heavy atom. The van der Waals surface area contributed by atoms with Crippen LogP contribution in [0.2, 0.25) is 0 Å². The molecule has 14 heavy (non-hydrogen) atoms. The Morgan fingerprint density at radius 3 is 2.57 bits per heavy atom. The largest absolute Gasteiger partial charge is 0.464 e. The molecule has 0 fully saturated rings. The molecule has 0 aliphatic heterocycles. The zero-order chi connectivity index (χ0) is 10.1. The van der Waals surface area contributed by atoms with E-state index in [2.05, 4.69) is 12.6 Å². The average Bonchev–Trinajstić information content (AvgIpc) is 2.54. The fraction of sp³-hybridized carbons (Fsp3) is 0. The minimum Gasteiger partial charge on any atom is -0.464 e. The van der Waals surface area contributed by atoms with E-state index >= 15 is 0 Å². The first-order valence-electron chi connectivity index (χ1n) is 3.90. The Morgan fingerprint density at radius 2 is 2.00 bits per heavy atom. The SMILES string of the molecule is Fc1cc(F)c(-c2ccco2)c(S)c1. The summed E-state index contributed by atoms with van der Waals surface area (Å²) in [5.41, 5.74) is 0.180. The maximum atomic E-state index is 13.3. The van der Waals surface area contributed by atoms with Crippen molar-refractivity contribution in [3.05, 3.63) is 42.2 Å². The minimum absolute atomic E-state index is 0.180. The molecule has 0 amide bonds. The molecule has 0 aliphatic carbocycles. The number of thiol groups is 1. The lowest BCUT2D eigenvalue weighted by Gasteiger charge is -2.03. The van der Waals surface area contributed by atoms with Crippen molar-refractivity contribution in [3.8, 4) is 11.3 Å². The molecule has 1 aromatic heterocycles. The summed E-state index contributed by atoms with van der Waals surface area (Å²) in [5, 5.41) is 0. The first kappa shape index (κ1) is 9.27. The number of furan rings is 1. The summed E-state index contributed by atoms with van der Waals surface area (Å²) in [6.07, 6.45) is 1.42. The molecule has 0 spiro atoms. The van der Waals surface area contributed by atoms with Crippen LogP contribution in [0.1, 0.15) is 0 Å². The summed E-state index contributed by atoms with van der Waals surface area (Å²) in [4.78, 5) is 0.220. The second-order valence-electron chi connectivity index (χ2n) is 2.76. The molecule has 72 valence electrons. The van der Waals surface area contributed by atoms with Crippen LogP contribution in [0.3, 0.4) is 0 Å². The third-order valence-electron chi connectivity index (χ3n) is 1.80. The minimum atomic E-state index is -0.676. The summed E-state index contributed by atoms with van der Waals surface area (Å²) in [7, 11) is 0. The van der Waals surface area contributed by atoms with Crippen LogP contribution in [-0.2, 0) is 0 Å². The Balaban J connectivity index is 2.64. The highest BCUT2D eigenvalue weighted by Gasteiger charge is 2.12. The van der Waals surface area contributed by atoms with Crippen LogP contribution in [0.15, 0.2) is 39.8 Å². The summed E-state index contributed by atoms with van der Waals surface area (Å²) in [6.45, 7) is 0. The fourth-order valence-corrected chi connectivity index (χ4v) is 1.57. The number of halogens is 2. The van der Waals surface area contributed by atoms with Gasteiger partial charge in [0.1, 0.15) is 17.4 Å². The number of rotatable bonds is 1. The molecule has 0 unspecified atom stereocenters. The molecule has 0 bridgehead atoms. The van der Waals surface area contributed by atoms with Gasteiger partial charge in [0.2, 0.25) is 0 Å². The monoisotopic (exact) mass is 212 g/mol. The van der Waals surface area contributed by atoms with E-state index in [-0.39, 0.29) is 10.5 Å². The normalized spacial score (nSPS) is 10.5. The molecule has 0 N–H and O–H groups in total. The van der Waals surface area contributed by atoms with Crippen LogP contribution in [0.4, 0.5) is 8.78 Å². The first-order chi connectivity index (χ1) is 6.68. The quantitative estimate of drug-likeness (QED) is 0.714. The van der Waals surface area contributed by atoms with Crippen molar-refractivity contribution in [3.63, 3.8) is 0 Å². The molecular weight excluding hydrogens is 206 g/mol. The fourth-order valence-electron chi connectivity index (χ4n) is 1.22. The van der Waals surface area contributed by atoms with E-state index in [1.54, 1.807) is 12.1 Å². The molecule has 2 rings (SSSR count). The van der Waals surface area contributed by atoms with Gasteiger partial charge in [0.05, 0.1) is 11.8 Å². The molecule has 0 aliphatic rings. The molecule has 2 aromatic rings. The van der Waals surface area contributed by atoms with Crippen molar-refractivity contribution in [2.24, 2.45) is 0 Å². The standard InChI is InChI=1S/C10H6F2OS/c11-6-4-7(12)10(9(14)5-6)8-2-1-3-13-8/h1-5,14H. The highest BCUT2D eigenvalue weighted by atomic mass is 32.1. The molecule has 1 aromatic carbocycles. The van der Waals surface area contributed by atoms with Gasteiger partial charge in [0, 0.05) is 11.0 Å². The lowest BCUT2D eigenvalue weighted by molar-refractivity contribution is 0.555. The lowest BCUT2D eigenvalue weighted by Crippen LogP contribution is -1.87. The molecule has 0 atom stereocenters. The van der Waals surface area contributed by atoms with Crippen LogP contribution in [0, 0.1) is 11.6 Å². The van der Waals surface area contributed by atoms with Crippen LogP contribution >= 0.6 is 12.6 Å². The van der Waals surface area contributed by atoms with Gasteiger partial charge in [-0.1, -0.05) is 0 Å². The number of hydrogen-bond donors (Lipinski definition) is 1. The maximum absolute atomic E-state index is 13.3. The van der Waals surface area contributed by atoms with E-state index in [9.17, 15) is 8.78 Å². The molecule has 1 heterocycles. The second kappa shape index (κ2) is 3.46. The van der Waals surface area contributed by atoms with Crippen molar-refractivity contribution in [2.75, 3.05) is 0 Å². The van der Waals surface area contributed by atoms with Crippen molar-refractivity contribution in [2.45, 2.75) is 4.90 Å². The predicted octanol–water partition coefficient (Wildman–Crippen LogP) is 3.51. The average molecular weight is 212 g/mol. The molecule has 4 heteroatoms. The van der Waals surface area contributed by atoms with Gasteiger partial charge >= 0.3 is 0 Å². The van der Waals surface area contributed by atoms with Gasteiger partial charge in [-0.3, -0.25) is 0 Å². The third-order valence-corrected chi connectivity index (χ3v) is 2.15. The molecule has 0 radical (unpaired) electrons. The van der Waals surface area contributed by atoms with Crippen molar-refractivity contribution in [1.82, 2.24) is 0 Å². The lowest BCUT2D eigenvalue weighted by atomic mass is 10.1. The zero-order valence-corrected chi connectivity index (χ0v) is 7.89. The Hall–Kier alpha value is -1.29. The zero-order valence-electron chi connectivity index (χ0n) is 7.00. The summed E-state index contributed by atoms with van der Waals surface area (Å²) in [6, 6.07) is 5.17. The van der Waals surface area contributed by atoms with Crippen LogP contribution in [0.5, 0.6) is 0 Å². The van der Waals surface area contributed by atoms with E-state index in [4.69, 9.17) is 4.42 Å². The highest BCUT2D eigenvalue weighted by Crippen LogP contribution is 2.30. The van der Waals surface area contributed by atoms with Gasteiger partial charge in [0.25, 0.3) is 0 Å². The number of benzene rings is 1. The van der Waals surface area contributed by atoms with Crippen molar-refractivity contribution < 1.29 is 13.2 Å². The van der Waals surface area contributed by atoms with Crippen LogP contribution in [0.25, 0.3) is 11.3 Å². The summed E-state index contributed by atoms with van der Waals surface area (Å²) < 4.78 is 31.1. The van der Waals surface area contributed by atoms with Gasteiger partial charge in [-0.2, -0.15) is 0 Å². The van der Waals surface area contributed by atoms with E-state index in [1.807, 2.05) is 0 Å². The van der Waals surface area contributed by atoms with Gasteiger partial charge in [-0.15, -0.1) is 12.6 Å². The summed E-state index contributed by atoms with van der Waals surface area (Å²) >= 11 is 3.98. The molecule has 1 nitrogen and oxygen atoms in total. The Kier molecular flexibility index (Phi) is 2.29. The molecule has 0 saturated heterocycles. The van der Waals surface area contributed by atoms with Gasteiger partial charge < -0.3 is 4.42 Å². The first-order valence-corrected chi connectivity index (χ1v) is 4.35. The topological polar surface area (TPSA) is 13.1 Å². The van der Waals surface area contributed by atoms with Crippen molar-refractivity contribution in [1.29, 1.82) is 0 Å². The van der Waals surface area contributed by atoms with E-state index in [0.717, 1.165) is 12.1 Å².